The predicted octanol–water partition coefficient (Wildman–Crippen LogP) is 4.90. The molecule has 0 spiro atoms. The van der Waals surface area contributed by atoms with E-state index in [1.165, 1.54) is 0 Å². The Kier molecular flexibility index (Phi) is 9.16. The molecule has 3 amide bonds. The minimum atomic E-state index is -0.237. The molecule has 31 heavy (non-hydrogen) atoms. The van der Waals surface area contributed by atoms with Crippen LogP contribution in [0.3, 0.4) is 0 Å². The van der Waals surface area contributed by atoms with Gasteiger partial charge in [-0.3, -0.25) is 4.79 Å². The van der Waals surface area contributed by atoms with Crippen molar-refractivity contribution in [3.63, 3.8) is 0 Å². The number of carbonyl (C=O) groups is 2. The number of urea groups is 1. The lowest BCUT2D eigenvalue weighted by atomic mass is 10.1. The zero-order valence-corrected chi connectivity index (χ0v) is 19.9. The highest BCUT2D eigenvalue weighted by atomic mass is 16.2. The number of nitrogens with one attached hydrogen (secondary N) is 1. The Morgan fingerprint density at radius 1 is 1.10 bits per heavy atom. The number of rotatable bonds is 10. The molecule has 0 unspecified atom stereocenters. The molecule has 6 nitrogen and oxygen atoms in total. The van der Waals surface area contributed by atoms with Crippen LogP contribution in [0.15, 0.2) is 42.6 Å². The molecule has 0 saturated carbocycles. The summed E-state index contributed by atoms with van der Waals surface area (Å²) in [6.45, 7) is 11.6. The Bertz CT molecular complexity index is 859. The van der Waals surface area contributed by atoms with E-state index in [0.29, 0.717) is 19.0 Å². The molecular weight excluding hydrogens is 388 g/mol. The van der Waals surface area contributed by atoms with E-state index in [1.54, 1.807) is 4.90 Å². The van der Waals surface area contributed by atoms with Crippen LogP contribution >= 0.6 is 0 Å². The molecule has 0 aliphatic carbocycles. The fraction of sp³-hybridized carbons (Fsp3) is 0.520. The van der Waals surface area contributed by atoms with Crippen LogP contribution in [0.25, 0.3) is 0 Å². The van der Waals surface area contributed by atoms with Gasteiger partial charge in [0.05, 0.1) is 6.54 Å². The van der Waals surface area contributed by atoms with Crippen molar-refractivity contribution in [1.29, 1.82) is 0 Å². The predicted molar refractivity (Wildman–Crippen MR) is 127 cm³/mol. The highest BCUT2D eigenvalue weighted by Crippen LogP contribution is 2.15. The van der Waals surface area contributed by atoms with E-state index in [0.717, 1.165) is 29.8 Å². The molecule has 1 aromatic carbocycles. The first-order valence-electron chi connectivity index (χ1n) is 11.3. The van der Waals surface area contributed by atoms with Crippen molar-refractivity contribution >= 4 is 17.6 Å². The van der Waals surface area contributed by atoms with Crippen LogP contribution < -0.4 is 5.32 Å². The van der Waals surface area contributed by atoms with Crippen LogP contribution in [-0.4, -0.2) is 45.4 Å². The molecule has 1 atom stereocenters. The van der Waals surface area contributed by atoms with Crippen molar-refractivity contribution in [3.8, 4) is 0 Å². The largest absolute Gasteiger partial charge is 0.353 e. The van der Waals surface area contributed by atoms with Gasteiger partial charge in [0.25, 0.3) is 0 Å². The Balaban J connectivity index is 2.16. The minimum absolute atomic E-state index is 0.0346. The van der Waals surface area contributed by atoms with Crippen LogP contribution in [0, 0.1) is 5.92 Å². The molecule has 0 bridgehead atoms. The van der Waals surface area contributed by atoms with Gasteiger partial charge in [-0.1, -0.05) is 39.8 Å². The Hall–Kier alpha value is -2.76. The van der Waals surface area contributed by atoms with Crippen LogP contribution in [0.1, 0.15) is 52.3 Å². The van der Waals surface area contributed by atoms with Crippen LogP contribution in [-0.2, 0) is 24.8 Å². The number of carbonyl (C=O) groups excluding carboxylic acids is 2. The summed E-state index contributed by atoms with van der Waals surface area (Å²) in [5.41, 5.74) is 2.99. The van der Waals surface area contributed by atoms with Gasteiger partial charge in [-0.15, -0.1) is 0 Å². The topological polar surface area (TPSA) is 57.6 Å². The van der Waals surface area contributed by atoms with E-state index < -0.39 is 0 Å². The zero-order chi connectivity index (χ0) is 23.0. The minimum Gasteiger partial charge on any atom is -0.353 e. The molecule has 2 aromatic rings. The summed E-state index contributed by atoms with van der Waals surface area (Å²) >= 11 is 0. The van der Waals surface area contributed by atoms with Crippen LogP contribution in [0.2, 0.25) is 0 Å². The maximum Gasteiger partial charge on any atom is 0.322 e. The third-order valence-electron chi connectivity index (χ3n) is 5.62. The fourth-order valence-electron chi connectivity index (χ4n) is 3.51. The van der Waals surface area contributed by atoms with Gasteiger partial charge in [0.2, 0.25) is 5.91 Å². The highest BCUT2D eigenvalue weighted by Gasteiger charge is 2.25. The van der Waals surface area contributed by atoms with E-state index in [9.17, 15) is 9.59 Å². The van der Waals surface area contributed by atoms with E-state index in [-0.39, 0.29) is 24.5 Å². The number of hydrogen-bond acceptors (Lipinski definition) is 2. The number of hydrogen-bond donors (Lipinski definition) is 1. The van der Waals surface area contributed by atoms with Gasteiger partial charge < -0.3 is 19.7 Å². The number of nitrogens with zero attached hydrogens (tertiary/aromatic N) is 3. The van der Waals surface area contributed by atoms with E-state index in [2.05, 4.69) is 26.1 Å². The Morgan fingerprint density at radius 3 is 2.42 bits per heavy atom. The first kappa shape index (κ1) is 24.5. The molecule has 0 aliphatic rings. The van der Waals surface area contributed by atoms with Gasteiger partial charge in [0, 0.05) is 37.2 Å². The standard InChI is InChI=1S/C25H38N4O2/c1-7-20(5)29(25(31)26-22-12-9-11-21(8-2)15-22)18-24(30)28(16-19(3)4)17-23-13-10-14-27(23)6/h9-15,19-20H,7-8,16-18H2,1-6H3,(H,26,31)/t20-/m0/s1. The second kappa shape index (κ2) is 11.6. The number of benzene rings is 1. The zero-order valence-electron chi connectivity index (χ0n) is 19.9. The molecule has 1 aromatic heterocycles. The molecular formula is C25H38N4O2. The molecule has 0 saturated heterocycles. The average Bonchev–Trinajstić information content (AvgIpc) is 3.14. The third kappa shape index (κ3) is 7.16. The summed E-state index contributed by atoms with van der Waals surface area (Å²) in [7, 11) is 1.98. The summed E-state index contributed by atoms with van der Waals surface area (Å²) in [5, 5.41) is 2.98. The second-order valence-electron chi connectivity index (χ2n) is 8.65. The van der Waals surface area contributed by atoms with Crippen molar-refractivity contribution in [2.24, 2.45) is 13.0 Å². The van der Waals surface area contributed by atoms with E-state index in [1.807, 2.05) is 73.0 Å². The summed E-state index contributed by atoms with van der Waals surface area (Å²) in [6.07, 6.45) is 3.66. The van der Waals surface area contributed by atoms with Crippen LogP contribution in [0.5, 0.6) is 0 Å². The average molecular weight is 427 g/mol. The van der Waals surface area contributed by atoms with Gasteiger partial charge in [-0.05, 0) is 55.5 Å². The molecule has 170 valence electrons. The van der Waals surface area contributed by atoms with Gasteiger partial charge in [-0.2, -0.15) is 0 Å². The maximum atomic E-state index is 13.3. The van der Waals surface area contributed by atoms with E-state index in [4.69, 9.17) is 0 Å². The Labute approximate surface area is 187 Å². The van der Waals surface area contributed by atoms with Gasteiger partial charge in [-0.25, -0.2) is 4.79 Å². The SMILES string of the molecule is CCc1cccc(NC(=O)N(CC(=O)N(Cc2cccn2C)CC(C)C)[C@@H](C)CC)c1. The Morgan fingerprint density at radius 2 is 1.84 bits per heavy atom. The summed E-state index contributed by atoms with van der Waals surface area (Å²) in [5.74, 6) is 0.305. The van der Waals surface area contributed by atoms with Gasteiger partial charge >= 0.3 is 6.03 Å². The first-order valence-corrected chi connectivity index (χ1v) is 11.3. The van der Waals surface area contributed by atoms with Gasteiger partial charge in [0.1, 0.15) is 6.54 Å². The molecule has 2 rings (SSSR count). The van der Waals surface area contributed by atoms with Crippen LogP contribution in [0.4, 0.5) is 10.5 Å². The summed E-state index contributed by atoms with van der Waals surface area (Å²) in [6, 6.07) is 11.6. The molecule has 6 heteroatoms. The maximum absolute atomic E-state index is 13.3. The first-order chi connectivity index (χ1) is 14.7. The van der Waals surface area contributed by atoms with Crippen molar-refractivity contribution < 1.29 is 9.59 Å². The normalized spacial score (nSPS) is 12.0. The number of amides is 3. The molecule has 0 radical (unpaired) electrons. The van der Waals surface area contributed by atoms with E-state index >= 15 is 0 Å². The monoisotopic (exact) mass is 426 g/mol. The van der Waals surface area contributed by atoms with Gasteiger partial charge in [0.15, 0.2) is 0 Å². The number of anilines is 1. The third-order valence-corrected chi connectivity index (χ3v) is 5.62. The summed E-state index contributed by atoms with van der Waals surface area (Å²) in [4.78, 5) is 29.9. The molecule has 0 aliphatic heterocycles. The number of aryl methyl sites for hydroxylation is 2. The van der Waals surface area contributed by atoms with Crippen molar-refractivity contribution in [2.75, 3.05) is 18.4 Å². The lowest BCUT2D eigenvalue weighted by Gasteiger charge is -2.32. The second-order valence-corrected chi connectivity index (χ2v) is 8.65. The van der Waals surface area contributed by atoms with Crippen molar-refractivity contribution in [3.05, 3.63) is 53.9 Å². The molecule has 0 fully saturated rings. The summed E-state index contributed by atoms with van der Waals surface area (Å²) < 4.78 is 2.03. The lowest BCUT2D eigenvalue weighted by molar-refractivity contribution is -0.133. The van der Waals surface area contributed by atoms with Crippen molar-refractivity contribution in [2.45, 2.75) is 60.0 Å². The quantitative estimate of drug-likeness (QED) is 0.587. The molecule has 1 heterocycles. The smallest absolute Gasteiger partial charge is 0.322 e. The number of aromatic nitrogens is 1. The molecule has 1 N–H and O–H groups in total. The lowest BCUT2D eigenvalue weighted by Crippen LogP contribution is -2.48. The fourth-order valence-corrected chi connectivity index (χ4v) is 3.51. The van der Waals surface area contributed by atoms with Crippen molar-refractivity contribution in [1.82, 2.24) is 14.4 Å². The highest BCUT2D eigenvalue weighted by molar-refractivity contribution is 5.92.